The number of hydrogen-bond acceptors (Lipinski definition) is 26. The molecule has 4 aliphatic rings. The van der Waals surface area contributed by atoms with Gasteiger partial charge in [-0.1, -0.05) is 24.3 Å². The summed E-state index contributed by atoms with van der Waals surface area (Å²) in [5.74, 6) is -22.9. The number of aliphatic hydroxyl groups excluding tert-OH is 3. The summed E-state index contributed by atoms with van der Waals surface area (Å²) in [6.07, 6.45) is -13.9. The predicted molar refractivity (Wildman–Crippen MR) is 326 cm³/mol. The number of aliphatic hydroxyl groups is 3. The largest absolute Gasteiger partial charge is 0.507 e. The number of hydrogen-bond donors (Lipinski definition) is 21. The van der Waals surface area contributed by atoms with Gasteiger partial charge in [0.15, 0.2) is 87.3 Å². The van der Waals surface area contributed by atoms with E-state index in [1.54, 1.807) is 6.92 Å². The monoisotopic (exact) mass is 1300 g/mol. The molecule has 11 atom stereocenters. The Morgan fingerprint density at radius 2 is 0.684 bits per heavy atom. The van der Waals surface area contributed by atoms with Gasteiger partial charge in [-0.3, -0.25) is 4.79 Å². The Balaban J connectivity index is 1.06. The van der Waals surface area contributed by atoms with E-state index >= 15 is 0 Å². The Hall–Kier alpha value is -11.9. The molecule has 8 unspecified atom stereocenters. The van der Waals surface area contributed by atoms with Gasteiger partial charge in [-0.05, 0) is 114 Å². The quantitative estimate of drug-likeness (QED) is 0.0453. The fourth-order valence-electron chi connectivity index (χ4n) is 13.7. The Kier molecular flexibility index (Phi) is 14.8. The van der Waals surface area contributed by atoms with Crippen LogP contribution in [0, 0.1) is 12.8 Å². The van der Waals surface area contributed by atoms with Crippen LogP contribution in [0.25, 0.3) is 0 Å². The molecule has 0 fully saturated rings. The van der Waals surface area contributed by atoms with Gasteiger partial charge in [0.05, 0.1) is 17.8 Å². The zero-order chi connectivity index (χ0) is 67.8. The first kappa shape index (κ1) is 62.0. The van der Waals surface area contributed by atoms with Crippen LogP contribution in [0.15, 0.2) is 115 Å². The number of ether oxygens (including phenoxy) is 4. The lowest BCUT2D eigenvalue weighted by atomic mass is 9.71. The summed E-state index contributed by atoms with van der Waals surface area (Å²) in [4.78, 5) is 14.2. The summed E-state index contributed by atoms with van der Waals surface area (Å²) in [6, 6.07) is 20.4. The van der Waals surface area contributed by atoms with Crippen LogP contribution in [0.5, 0.6) is 126 Å². The van der Waals surface area contributed by atoms with Crippen LogP contribution in [-0.2, 0) is 6.42 Å². The van der Waals surface area contributed by atoms with E-state index < -0.39 is 227 Å². The van der Waals surface area contributed by atoms with Crippen molar-refractivity contribution in [3.63, 3.8) is 0 Å². The summed E-state index contributed by atoms with van der Waals surface area (Å²) in [6.45, 7) is 1.61. The molecule has 0 aliphatic carbocycles. The third-order valence-corrected chi connectivity index (χ3v) is 18.1. The average Bonchev–Trinajstić information content (AvgIpc) is 0.712. The lowest BCUT2D eigenvalue weighted by molar-refractivity contribution is -0.00784. The van der Waals surface area contributed by atoms with E-state index in [0.29, 0.717) is 5.56 Å². The minimum Gasteiger partial charge on any atom is -0.507 e. The number of aromatic hydroxyl groups is 18. The molecule has 0 bridgehead atoms. The topological polar surface area (TPSA) is 479 Å². The van der Waals surface area contributed by atoms with E-state index in [0.717, 1.165) is 78.9 Å². The number of aryl methyl sites for hydroxylation is 1. The van der Waals surface area contributed by atoms with E-state index in [1.165, 1.54) is 36.4 Å². The zero-order valence-electron chi connectivity index (χ0n) is 49.2. The van der Waals surface area contributed by atoms with Crippen molar-refractivity contribution in [3.05, 3.63) is 188 Å². The molecule has 0 saturated carbocycles. The van der Waals surface area contributed by atoms with Crippen molar-refractivity contribution in [2.24, 2.45) is 5.92 Å². The molecule has 0 radical (unpaired) electrons. The highest BCUT2D eigenvalue weighted by Crippen LogP contribution is 2.65. The lowest BCUT2D eigenvalue weighted by Gasteiger charge is -2.44. The lowest BCUT2D eigenvalue weighted by Crippen LogP contribution is -2.40. The van der Waals surface area contributed by atoms with Crippen molar-refractivity contribution in [2.75, 3.05) is 0 Å². The number of ketones is 1. The van der Waals surface area contributed by atoms with Crippen LogP contribution in [-0.4, -0.2) is 131 Å². The fraction of sp³-hybridized carbons (Fsp3) is 0.203. The van der Waals surface area contributed by atoms with Gasteiger partial charge in [-0.25, -0.2) is 0 Å². The molecular formula is C69H58O26. The Morgan fingerprint density at radius 1 is 0.347 bits per heavy atom. The Bertz CT molecular complexity index is 4660. The average molecular weight is 1300 g/mol. The standard InChI is InChI=1S/C69H58O26/c1-23-10-41(80)50-49(11-23)92-64(25-3-7-32(71)38(77)14-25)60(89)56(50)52-43(82)21-45(84)54-58(62(91)66(94-68(52)54)27-5-9-34(73)40(79)16-27)55-46(85)22-44(83)53-57(61(90)65(95-69(53)55)26-4-8-33(72)39(78)15-26)51-42(81)20-36(75)30-12-29(19-35(74)28-17-47(86)59(88)48(87)18-28)63(93-67(30)51)24-2-6-31(70)37(76)13-24/h2-11,13-18,20-22,29,56-58,60-66,70-73,75-91H,12,19H2,1H3/t29?,56-,57+,58-,60?,61?,62?,63?,64?,65?,66?/m1/s1. The second kappa shape index (κ2) is 22.8. The molecule has 26 nitrogen and oxygen atoms in total. The molecule has 0 aromatic heterocycles. The van der Waals surface area contributed by atoms with E-state index in [9.17, 15) is 112 Å². The van der Waals surface area contributed by atoms with Crippen LogP contribution in [0.2, 0.25) is 0 Å². The maximum atomic E-state index is 14.2. The van der Waals surface area contributed by atoms with Gasteiger partial charge in [0.2, 0.25) is 0 Å². The van der Waals surface area contributed by atoms with Crippen molar-refractivity contribution in [1.82, 2.24) is 0 Å². The number of fused-ring (bicyclic) bond motifs is 4. The van der Waals surface area contributed by atoms with Gasteiger partial charge in [0, 0.05) is 75.0 Å². The molecule has 9 aromatic carbocycles. The molecule has 490 valence electrons. The van der Waals surface area contributed by atoms with Crippen molar-refractivity contribution in [2.45, 2.75) is 80.2 Å². The smallest absolute Gasteiger partial charge is 0.200 e. The first-order valence-corrected chi connectivity index (χ1v) is 29.3. The first-order valence-electron chi connectivity index (χ1n) is 29.3. The molecule has 21 N–H and O–H groups in total. The van der Waals surface area contributed by atoms with Crippen LogP contribution in [0.4, 0.5) is 0 Å². The number of Topliss-reactive ketones (excluding diaryl/α,β-unsaturated/α-hetero) is 1. The number of carbonyl (C=O) groups excluding carboxylic acids is 1. The minimum absolute atomic E-state index is 0.0557. The number of phenolic OH excluding ortho intramolecular Hbond substituents is 18. The van der Waals surface area contributed by atoms with E-state index in [2.05, 4.69) is 0 Å². The van der Waals surface area contributed by atoms with Gasteiger partial charge in [0.1, 0.15) is 87.7 Å². The van der Waals surface area contributed by atoms with Crippen LogP contribution in [0.1, 0.15) is 126 Å². The highest BCUT2D eigenvalue weighted by Gasteiger charge is 2.53. The molecule has 0 amide bonds. The van der Waals surface area contributed by atoms with Gasteiger partial charge in [-0.2, -0.15) is 0 Å². The summed E-state index contributed by atoms with van der Waals surface area (Å²) in [7, 11) is 0. The summed E-state index contributed by atoms with van der Waals surface area (Å²) < 4.78 is 26.5. The van der Waals surface area contributed by atoms with Gasteiger partial charge >= 0.3 is 0 Å². The SMILES string of the molecule is Cc1cc(O)c2c(c1)OC(c1ccc(O)c(O)c1)C(O)[C@H]2c1c(O)cc(O)c2c1OC(c1ccc(O)c(O)c1)C(O)[C@H]2c1c(O)cc(O)c2c1OC(c1ccc(O)c(O)c1)C(O)[C@H]2c1c(O)cc(O)c2c1OC(c1ccc(O)c(O)c1)C(CC(=O)c1cc(O)c(O)c(O)c1)C2. The molecule has 95 heavy (non-hydrogen) atoms. The van der Waals surface area contributed by atoms with Gasteiger partial charge < -0.3 is 126 Å². The third kappa shape index (κ3) is 10.1. The molecule has 4 aliphatic heterocycles. The highest BCUT2D eigenvalue weighted by molar-refractivity contribution is 5.97. The third-order valence-electron chi connectivity index (χ3n) is 18.1. The van der Waals surface area contributed by atoms with Crippen LogP contribution in [0.3, 0.4) is 0 Å². The minimum atomic E-state index is -2.18. The Labute approximate surface area is 535 Å². The molecule has 0 spiro atoms. The maximum Gasteiger partial charge on any atom is 0.200 e. The van der Waals surface area contributed by atoms with E-state index in [-0.39, 0.29) is 51.1 Å². The molecule has 0 saturated heterocycles. The van der Waals surface area contributed by atoms with Crippen molar-refractivity contribution in [3.8, 4) is 126 Å². The number of rotatable bonds is 10. The van der Waals surface area contributed by atoms with Crippen molar-refractivity contribution < 1.29 is 131 Å². The number of phenols is 18. The van der Waals surface area contributed by atoms with Crippen LogP contribution >= 0.6 is 0 Å². The second-order valence-electron chi connectivity index (χ2n) is 24.0. The first-order chi connectivity index (χ1) is 45.1. The van der Waals surface area contributed by atoms with E-state index in [1.807, 2.05) is 0 Å². The Morgan fingerprint density at radius 3 is 1.08 bits per heavy atom. The maximum absolute atomic E-state index is 14.2. The molecule has 4 heterocycles. The molecular weight excluding hydrogens is 1240 g/mol. The predicted octanol–water partition coefficient (Wildman–Crippen LogP) is 8.14. The van der Waals surface area contributed by atoms with Crippen molar-refractivity contribution >= 4 is 5.78 Å². The molecule has 26 heteroatoms. The highest BCUT2D eigenvalue weighted by atomic mass is 16.5. The van der Waals surface area contributed by atoms with Gasteiger partial charge in [-0.15, -0.1) is 0 Å². The number of benzene rings is 9. The zero-order valence-corrected chi connectivity index (χ0v) is 49.2. The van der Waals surface area contributed by atoms with E-state index in [4.69, 9.17) is 18.9 Å². The van der Waals surface area contributed by atoms with Crippen molar-refractivity contribution in [1.29, 1.82) is 0 Å². The summed E-state index contributed by atoms with van der Waals surface area (Å²) in [5, 5.41) is 242. The van der Waals surface area contributed by atoms with Gasteiger partial charge in [0.25, 0.3) is 0 Å². The molecule has 13 rings (SSSR count). The van der Waals surface area contributed by atoms with Crippen LogP contribution < -0.4 is 18.9 Å². The summed E-state index contributed by atoms with van der Waals surface area (Å²) in [5.41, 5.74) is -3.00. The number of carbonyl (C=O) groups is 1. The summed E-state index contributed by atoms with van der Waals surface area (Å²) >= 11 is 0. The fourth-order valence-corrected chi connectivity index (χ4v) is 13.7. The second-order valence-corrected chi connectivity index (χ2v) is 24.0. The molecule has 9 aromatic rings. The normalized spacial score (nSPS) is 22.5.